The van der Waals surface area contributed by atoms with Crippen LogP contribution in [0.25, 0.3) is 11.1 Å². The highest BCUT2D eigenvalue weighted by Crippen LogP contribution is 2.30. The Bertz CT molecular complexity index is 629. The summed E-state index contributed by atoms with van der Waals surface area (Å²) in [6.07, 6.45) is 0. The zero-order valence-corrected chi connectivity index (χ0v) is 11.0. The molecule has 2 nitrogen and oxygen atoms in total. The van der Waals surface area contributed by atoms with Crippen LogP contribution >= 0.6 is 11.6 Å². The molecule has 2 aromatic carbocycles. The molecule has 90 valence electrons. The van der Waals surface area contributed by atoms with Gasteiger partial charge in [0.25, 0.3) is 0 Å². The molecule has 0 aliphatic rings. The van der Waals surface area contributed by atoms with Crippen molar-refractivity contribution >= 4 is 11.6 Å². The standard InChI is InChI=1S/C15H12ClNO/c1-10-6-12(7-13(9-17)15(10)18-2)11-4-3-5-14(16)8-11/h3-8H,1-2H3. The van der Waals surface area contributed by atoms with Gasteiger partial charge in [0.2, 0.25) is 0 Å². The van der Waals surface area contributed by atoms with Crippen LogP contribution in [0.5, 0.6) is 5.75 Å². The summed E-state index contributed by atoms with van der Waals surface area (Å²) < 4.78 is 5.23. The Labute approximate surface area is 111 Å². The largest absolute Gasteiger partial charge is 0.495 e. The van der Waals surface area contributed by atoms with Gasteiger partial charge in [-0.05, 0) is 47.9 Å². The molecule has 0 saturated heterocycles. The second kappa shape index (κ2) is 5.12. The van der Waals surface area contributed by atoms with Gasteiger partial charge in [-0.15, -0.1) is 0 Å². The number of nitrogens with zero attached hydrogens (tertiary/aromatic N) is 1. The third-order valence-corrected chi connectivity index (χ3v) is 2.99. The summed E-state index contributed by atoms with van der Waals surface area (Å²) in [6.45, 7) is 1.92. The summed E-state index contributed by atoms with van der Waals surface area (Å²) in [4.78, 5) is 0. The molecule has 2 rings (SSSR count). The second-order valence-corrected chi connectivity index (χ2v) is 4.43. The maximum absolute atomic E-state index is 9.14. The molecule has 2 aromatic rings. The predicted octanol–water partition coefficient (Wildman–Crippen LogP) is 4.20. The fourth-order valence-electron chi connectivity index (χ4n) is 1.96. The van der Waals surface area contributed by atoms with E-state index in [0.29, 0.717) is 16.3 Å². The van der Waals surface area contributed by atoms with E-state index in [1.54, 1.807) is 7.11 Å². The Balaban J connectivity index is 2.61. The SMILES string of the molecule is COc1c(C)cc(-c2cccc(Cl)c2)cc1C#N. The zero-order chi connectivity index (χ0) is 13.1. The molecule has 0 unspecified atom stereocenters. The Kier molecular flexibility index (Phi) is 3.55. The predicted molar refractivity (Wildman–Crippen MR) is 72.9 cm³/mol. The van der Waals surface area contributed by atoms with Gasteiger partial charge in [0.1, 0.15) is 11.8 Å². The number of halogens is 1. The average molecular weight is 258 g/mol. The topological polar surface area (TPSA) is 33.0 Å². The highest BCUT2D eigenvalue weighted by Gasteiger charge is 2.09. The molecule has 0 fully saturated rings. The zero-order valence-electron chi connectivity index (χ0n) is 10.2. The number of hydrogen-bond acceptors (Lipinski definition) is 2. The molecule has 0 spiro atoms. The van der Waals surface area contributed by atoms with E-state index in [9.17, 15) is 0 Å². The fraction of sp³-hybridized carbons (Fsp3) is 0.133. The van der Waals surface area contributed by atoms with Crippen LogP contribution in [0.15, 0.2) is 36.4 Å². The minimum atomic E-state index is 0.535. The van der Waals surface area contributed by atoms with Gasteiger partial charge >= 0.3 is 0 Å². The maximum atomic E-state index is 9.14. The number of methoxy groups -OCH3 is 1. The lowest BCUT2D eigenvalue weighted by Gasteiger charge is -2.10. The summed E-state index contributed by atoms with van der Waals surface area (Å²) in [6, 6.07) is 13.5. The summed E-state index contributed by atoms with van der Waals surface area (Å²) in [5, 5.41) is 9.82. The van der Waals surface area contributed by atoms with Crippen molar-refractivity contribution in [2.75, 3.05) is 7.11 Å². The van der Waals surface area contributed by atoms with E-state index < -0.39 is 0 Å². The van der Waals surface area contributed by atoms with Gasteiger partial charge in [-0.2, -0.15) is 5.26 Å². The minimum Gasteiger partial charge on any atom is -0.495 e. The Morgan fingerprint density at radius 3 is 2.56 bits per heavy atom. The van der Waals surface area contributed by atoms with Crippen LogP contribution < -0.4 is 4.74 Å². The lowest BCUT2D eigenvalue weighted by atomic mass is 9.99. The van der Waals surface area contributed by atoms with Crippen LogP contribution in [-0.2, 0) is 0 Å². The smallest absolute Gasteiger partial charge is 0.139 e. The van der Waals surface area contributed by atoms with E-state index >= 15 is 0 Å². The second-order valence-electron chi connectivity index (χ2n) is 4.00. The van der Waals surface area contributed by atoms with E-state index in [0.717, 1.165) is 16.7 Å². The summed E-state index contributed by atoms with van der Waals surface area (Å²) in [5.41, 5.74) is 3.43. The number of aryl methyl sites for hydroxylation is 1. The van der Waals surface area contributed by atoms with Crippen LogP contribution in [0.4, 0.5) is 0 Å². The molecule has 0 N–H and O–H groups in total. The first-order valence-corrected chi connectivity index (χ1v) is 5.88. The normalized spacial score (nSPS) is 9.89. The number of benzene rings is 2. The average Bonchev–Trinajstić information content (AvgIpc) is 2.37. The Hall–Kier alpha value is -1.98. The molecule has 0 amide bonds. The van der Waals surface area contributed by atoms with E-state index in [2.05, 4.69) is 6.07 Å². The molecule has 0 atom stereocenters. The van der Waals surface area contributed by atoms with Gasteiger partial charge in [-0.1, -0.05) is 23.7 Å². The van der Waals surface area contributed by atoms with Crippen molar-refractivity contribution in [3.8, 4) is 22.9 Å². The quantitative estimate of drug-likeness (QED) is 0.808. The number of hydrogen-bond donors (Lipinski definition) is 0. The highest BCUT2D eigenvalue weighted by atomic mass is 35.5. The molecule has 0 bridgehead atoms. The molecule has 0 saturated carbocycles. The molecule has 3 heteroatoms. The summed E-state index contributed by atoms with van der Waals surface area (Å²) in [7, 11) is 1.57. The lowest BCUT2D eigenvalue weighted by molar-refractivity contribution is 0.410. The van der Waals surface area contributed by atoms with E-state index in [-0.39, 0.29) is 0 Å². The van der Waals surface area contributed by atoms with Crippen LogP contribution in [0.2, 0.25) is 5.02 Å². The molecule has 18 heavy (non-hydrogen) atoms. The molecule has 0 aromatic heterocycles. The first-order chi connectivity index (χ1) is 8.65. The summed E-state index contributed by atoms with van der Waals surface area (Å²) in [5.74, 6) is 0.628. The fourth-order valence-corrected chi connectivity index (χ4v) is 2.15. The van der Waals surface area contributed by atoms with Crippen molar-refractivity contribution in [3.05, 3.63) is 52.5 Å². The Morgan fingerprint density at radius 1 is 1.17 bits per heavy atom. The maximum Gasteiger partial charge on any atom is 0.139 e. The van der Waals surface area contributed by atoms with Gasteiger partial charge < -0.3 is 4.74 Å². The van der Waals surface area contributed by atoms with E-state index in [1.807, 2.05) is 43.3 Å². The van der Waals surface area contributed by atoms with Crippen molar-refractivity contribution in [3.63, 3.8) is 0 Å². The van der Waals surface area contributed by atoms with Crippen LogP contribution in [0.3, 0.4) is 0 Å². The van der Waals surface area contributed by atoms with E-state index in [4.69, 9.17) is 21.6 Å². The molecular weight excluding hydrogens is 246 g/mol. The van der Waals surface area contributed by atoms with Gasteiger partial charge in [0.05, 0.1) is 12.7 Å². The lowest BCUT2D eigenvalue weighted by Crippen LogP contribution is -1.93. The summed E-state index contributed by atoms with van der Waals surface area (Å²) >= 11 is 5.98. The first-order valence-electron chi connectivity index (χ1n) is 5.50. The van der Waals surface area contributed by atoms with Gasteiger partial charge in [0, 0.05) is 5.02 Å². The molecular formula is C15H12ClNO. The molecule has 0 heterocycles. The third-order valence-electron chi connectivity index (χ3n) is 2.76. The van der Waals surface area contributed by atoms with Gasteiger partial charge in [-0.3, -0.25) is 0 Å². The number of nitriles is 1. The van der Waals surface area contributed by atoms with Gasteiger partial charge in [0.15, 0.2) is 0 Å². The number of ether oxygens (including phenoxy) is 1. The van der Waals surface area contributed by atoms with Crippen molar-refractivity contribution < 1.29 is 4.74 Å². The molecule has 0 aliphatic carbocycles. The van der Waals surface area contributed by atoms with Crippen LogP contribution in [0.1, 0.15) is 11.1 Å². The van der Waals surface area contributed by atoms with Crippen molar-refractivity contribution in [1.29, 1.82) is 5.26 Å². The monoisotopic (exact) mass is 257 g/mol. The van der Waals surface area contributed by atoms with E-state index in [1.165, 1.54) is 0 Å². The van der Waals surface area contributed by atoms with Gasteiger partial charge in [-0.25, -0.2) is 0 Å². The molecule has 0 radical (unpaired) electrons. The third kappa shape index (κ3) is 2.32. The van der Waals surface area contributed by atoms with Crippen LogP contribution in [-0.4, -0.2) is 7.11 Å². The van der Waals surface area contributed by atoms with Crippen molar-refractivity contribution in [2.24, 2.45) is 0 Å². The number of rotatable bonds is 2. The molecule has 0 aliphatic heterocycles. The first kappa shape index (κ1) is 12.5. The minimum absolute atomic E-state index is 0.535. The Morgan fingerprint density at radius 2 is 1.94 bits per heavy atom. The van der Waals surface area contributed by atoms with Crippen LogP contribution in [0, 0.1) is 18.3 Å². The highest BCUT2D eigenvalue weighted by molar-refractivity contribution is 6.30. The van der Waals surface area contributed by atoms with Crippen molar-refractivity contribution in [1.82, 2.24) is 0 Å². The van der Waals surface area contributed by atoms with Crippen molar-refractivity contribution in [2.45, 2.75) is 6.92 Å².